The van der Waals surface area contributed by atoms with Gasteiger partial charge in [0.15, 0.2) is 0 Å². The zero-order chi connectivity index (χ0) is 62.6. The number of nitrogens with zero attached hydrogens (tertiary/aromatic N) is 2. The predicted octanol–water partition coefficient (Wildman–Crippen LogP) is 27.9. The van der Waals surface area contributed by atoms with Gasteiger partial charge in [-0.2, -0.15) is 0 Å². The van der Waals surface area contributed by atoms with Gasteiger partial charge < -0.3 is 9.80 Å². The molecule has 8 heteroatoms. The molecule has 0 saturated heterocycles. The van der Waals surface area contributed by atoms with Gasteiger partial charge in [0.05, 0.1) is 30.1 Å². The molecular formula is C80H124Br2N2O2S2. The third-order valence-electron chi connectivity index (χ3n) is 19.7. The van der Waals surface area contributed by atoms with Crippen LogP contribution in [0.1, 0.15) is 346 Å². The van der Waals surface area contributed by atoms with E-state index in [0.29, 0.717) is 36.1 Å². The minimum absolute atomic E-state index is 0.0184. The average molecular weight is 1370 g/mol. The van der Waals surface area contributed by atoms with E-state index >= 15 is 9.59 Å². The van der Waals surface area contributed by atoms with E-state index in [1.807, 2.05) is 22.7 Å². The first kappa shape index (κ1) is 74.5. The van der Waals surface area contributed by atoms with Crippen molar-refractivity contribution in [3.63, 3.8) is 0 Å². The molecule has 2 atom stereocenters. The molecule has 4 aromatic rings. The molecule has 0 bridgehead atoms. The van der Waals surface area contributed by atoms with E-state index in [9.17, 15) is 0 Å². The SMILES string of the molecule is CCCCCCCCCCCCc1cc(-c2ccc3c(c2)N(CC(CCCCCC)CCCCCCCC)C(=O)C3=C2C(=O)N(CC(CCCCCC)CCCCCCCC)c3cc(-c4cc(CCCCCCCCCCCC)c(Br)s4)ccc32)sc1Br. The Labute approximate surface area is 565 Å². The lowest BCUT2D eigenvalue weighted by molar-refractivity contribution is -0.114. The van der Waals surface area contributed by atoms with Crippen molar-refractivity contribution in [2.24, 2.45) is 11.8 Å². The van der Waals surface area contributed by atoms with Crippen molar-refractivity contribution in [1.29, 1.82) is 0 Å². The molecule has 2 aromatic heterocycles. The Hall–Kier alpha value is -2.52. The van der Waals surface area contributed by atoms with Crippen LogP contribution < -0.4 is 9.80 Å². The maximum atomic E-state index is 16.0. The van der Waals surface area contributed by atoms with Gasteiger partial charge in [-0.1, -0.05) is 310 Å². The lowest BCUT2D eigenvalue weighted by Crippen LogP contribution is -2.34. The van der Waals surface area contributed by atoms with Crippen molar-refractivity contribution in [1.82, 2.24) is 0 Å². The lowest BCUT2D eigenvalue weighted by atomic mass is 9.93. The molecule has 2 unspecified atom stereocenters. The van der Waals surface area contributed by atoms with E-state index in [4.69, 9.17) is 0 Å². The molecule has 2 aromatic carbocycles. The number of unbranched alkanes of at least 4 members (excludes halogenated alkanes) is 34. The van der Waals surface area contributed by atoms with Crippen LogP contribution in [0.5, 0.6) is 0 Å². The second-order valence-electron chi connectivity index (χ2n) is 27.3. The molecule has 2 aliphatic rings. The Morgan fingerprint density at radius 2 is 0.602 bits per heavy atom. The van der Waals surface area contributed by atoms with E-state index in [2.05, 4.69) is 132 Å². The van der Waals surface area contributed by atoms with Crippen LogP contribution >= 0.6 is 54.5 Å². The summed E-state index contributed by atoms with van der Waals surface area (Å²) in [6.45, 7) is 15.2. The first-order chi connectivity index (χ1) is 43.2. The van der Waals surface area contributed by atoms with Crippen molar-refractivity contribution >= 4 is 88.9 Å². The fraction of sp³-hybridized carbons (Fsp3) is 0.700. The molecule has 4 nitrogen and oxygen atoms in total. The van der Waals surface area contributed by atoms with E-state index in [1.54, 1.807) is 0 Å². The van der Waals surface area contributed by atoms with Crippen LogP contribution in [0.4, 0.5) is 11.4 Å². The molecule has 2 amide bonds. The Morgan fingerprint density at radius 1 is 0.341 bits per heavy atom. The number of thiophene rings is 2. The minimum Gasteiger partial charge on any atom is -0.307 e. The fourth-order valence-electron chi connectivity index (χ4n) is 14.2. The highest BCUT2D eigenvalue weighted by Crippen LogP contribution is 2.51. The summed E-state index contributed by atoms with van der Waals surface area (Å²) in [7, 11) is 0. The Kier molecular flexibility index (Phi) is 37.4. The Balaban J connectivity index is 1.36. The highest BCUT2D eigenvalue weighted by atomic mass is 79.9. The number of hydrogen-bond acceptors (Lipinski definition) is 4. The van der Waals surface area contributed by atoms with Gasteiger partial charge in [0.2, 0.25) is 0 Å². The van der Waals surface area contributed by atoms with Gasteiger partial charge >= 0.3 is 0 Å². The summed E-state index contributed by atoms with van der Waals surface area (Å²) in [6, 6.07) is 18.5. The second-order valence-corrected chi connectivity index (χ2v) is 32.0. The standard InChI is InChI=1S/C80H124Br2N2O2S2/c1-7-13-19-25-29-31-33-35-39-45-51-67-59-73(87-77(67)81)65-53-55-69-71(57-65)83(61-63(47-41-23-17-11-5)49-43-37-27-21-15-9-3)79(85)75(69)76-70-56-54-66(74-60-68(78(82)88-74)52-46-40-36-34-32-30-26-20-14-8-2)58-72(70)84(80(76)86)62-64(48-42-24-18-12-6)50-44-38-28-22-16-10-4/h53-60,63-64H,7-52,61-62H2,1-6H3. The molecule has 0 saturated carbocycles. The molecular weight excluding hydrogens is 1240 g/mol. The molecule has 88 heavy (non-hydrogen) atoms. The lowest BCUT2D eigenvalue weighted by Gasteiger charge is -2.25. The molecule has 4 heterocycles. The summed E-state index contributed by atoms with van der Waals surface area (Å²) in [5.41, 5.74) is 10.2. The summed E-state index contributed by atoms with van der Waals surface area (Å²) in [5, 5.41) is 0. The number of aryl methyl sites for hydroxylation is 2. The number of halogens is 2. The van der Waals surface area contributed by atoms with E-state index < -0.39 is 0 Å². The largest absolute Gasteiger partial charge is 0.307 e. The molecule has 0 N–H and O–H groups in total. The van der Waals surface area contributed by atoms with Crippen molar-refractivity contribution in [3.05, 3.63) is 78.4 Å². The highest BCUT2D eigenvalue weighted by molar-refractivity contribution is 9.11. The predicted molar refractivity (Wildman–Crippen MR) is 398 cm³/mol. The van der Waals surface area contributed by atoms with Gasteiger partial charge in [0.25, 0.3) is 11.8 Å². The molecule has 492 valence electrons. The van der Waals surface area contributed by atoms with Crippen LogP contribution in [0.2, 0.25) is 0 Å². The van der Waals surface area contributed by atoms with Gasteiger partial charge in [-0.25, -0.2) is 0 Å². The van der Waals surface area contributed by atoms with Crippen molar-refractivity contribution in [2.45, 2.75) is 337 Å². The summed E-state index contributed by atoms with van der Waals surface area (Å²) >= 11 is 11.7. The van der Waals surface area contributed by atoms with Gasteiger partial charge in [-0.3, -0.25) is 9.59 Å². The molecule has 0 spiro atoms. The zero-order valence-electron chi connectivity index (χ0n) is 57.0. The van der Waals surface area contributed by atoms with Crippen LogP contribution in [0, 0.1) is 11.8 Å². The van der Waals surface area contributed by atoms with Crippen molar-refractivity contribution in [3.8, 4) is 20.9 Å². The Bertz CT molecular complexity index is 2430. The number of hydrogen-bond donors (Lipinski definition) is 0. The minimum atomic E-state index is 0.0184. The summed E-state index contributed by atoms with van der Waals surface area (Å²) in [5.74, 6) is 0.838. The van der Waals surface area contributed by atoms with Crippen molar-refractivity contribution in [2.75, 3.05) is 22.9 Å². The second kappa shape index (κ2) is 44.1. The smallest absolute Gasteiger partial charge is 0.259 e. The quantitative estimate of drug-likeness (QED) is 0.0327. The topological polar surface area (TPSA) is 40.6 Å². The number of benzene rings is 2. The Morgan fingerprint density at radius 3 is 0.898 bits per heavy atom. The van der Waals surface area contributed by atoms with Crippen LogP contribution in [-0.4, -0.2) is 24.9 Å². The van der Waals surface area contributed by atoms with Gasteiger partial charge in [0.1, 0.15) is 0 Å². The van der Waals surface area contributed by atoms with Gasteiger partial charge in [-0.05, 0) is 142 Å². The number of amides is 2. The van der Waals surface area contributed by atoms with E-state index in [-0.39, 0.29) is 11.8 Å². The molecule has 6 rings (SSSR count). The number of carbonyl (C=O) groups excluding carboxylic acids is 2. The maximum Gasteiger partial charge on any atom is 0.259 e. The zero-order valence-corrected chi connectivity index (χ0v) is 61.8. The van der Waals surface area contributed by atoms with Crippen LogP contribution in [0.15, 0.2) is 56.1 Å². The van der Waals surface area contributed by atoms with E-state index in [1.165, 1.54) is 285 Å². The summed E-state index contributed by atoms with van der Waals surface area (Å²) in [6.07, 6.45) is 58.7. The molecule has 2 aliphatic heterocycles. The average Bonchev–Trinajstić information content (AvgIpc) is 1.85. The number of anilines is 2. The summed E-state index contributed by atoms with van der Waals surface area (Å²) < 4.78 is 2.46. The van der Waals surface area contributed by atoms with Crippen molar-refractivity contribution < 1.29 is 9.59 Å². The van der Waals surface area contributed by atoms with Crippen LogP contribution in [-0.2, 0) is 22.4 Å². The summed E-state index contributed by atoms with van der Waals surface area (Å²) in [4.78, 5) is 38.9. The normalized spacial score (nSPS) is 14.7. The molecule has 0 radical (unpaired) electrons. The monoisotopic (exact) mass is 1370 g/mol. The number of fused-ring (bicyclic) bond motifs is 2. The molecule has 0 aliphatic carbocycles. The molecule has 0 fully saturated rings. The number of rotatable bonds is 52. The van der Waals surface area contributed by atoms with Crippen LogP contribution in [0.25, 0.3) is 32.0 Å². The van der Waals surface area contributed by atoms with Gasteiger partial charge in [-0.15, -0.1) is 22.7 Å². The van der Waals surface area contributed by atoms with E-state index in [0.717, 1.165) is 72.2 Å². The maximum absolute atomic E-state index is 16.0. The number of carbonyl (C=O) groups is 2. The third-order valence-corrected chi connectivity index (χ3v) is 23.7. The third kappa shape index (κ3) is 24.7. The fourth-order valence-corrected chi connectivity index (χ4v) is 17.7. The highest BCUT2D eigenvalue weighted by Gasteiger charge is 2.43. The first-order valence-corrected chi connectivity index (χ1v) is 40.6. The van der Waals surface area contributed by atoms with Gasteiger partial charge in [0, 0.05) is 34.0 Å². The first-order valence-electron chi connectivity index (χ1n) is 37.4. The van der Waals surface area contributed by atoms with Crippen LogP contribution in [0.3, 0.4) is 0 Å².